The van der Waals surface area contributed by atoms with Gasteiger partial charge < -0.3 is 10.3 Å². The predicted octanol–water partition coefficient (Wildman–Crippen LogP) is 2.53. The maximum Gasteiger partial charge on any atom is 0.258 e. The van der Waals surface area contributed by atoms with Crippen LogP contribution in [0.4, 0.5) is 0 Å². The monoisotopic (exact) mass is 346 g/mol. The summed E-state index contributed by atoms with van der Waals surface area (Å²) in [7, 11) is 0. The highest BCUT2D eigenvalue weighted by Gasteiger charge is 2.36. The van der Waals surface area contributed by atoms with Crippen LogP contribution < -0.4 is 5.73 Å². The Hall–Kier alpha value is -2.25. The minimum absolute atomic E-state index is 0. The van der Waals surface area contributed by atoms with E-state index in [1.807, 2.05) is 24.3 Å². The predicted molar refractivity (Wildman–Crippen MR) is 90.4 cm³/mol. The molecule has 7 nitrogen and oxygen atoms in total. The number of halogens is 1. The highest BCUT2D eigenvalue weighted by Crippen LogP contribution is 2.35. The third-order valence-corrected chi connectivity index (χ3v) is 4.41. The molecule has 0 atom stereocenters. The average molecular weight is 347 g/mol. The first-order chi connectivity index (χ1) is 11.2. The molecular weight excluding hydrogens is 328 g/mol. The van der Waals surface area contributed by atoms with E-state index in [-0.39, 0.29) is 12.4 Å². The molecule has 2 aromatic heterocycles. The molecule has 0 spiro atoms. The van der Waals surface area contributed by atoms with Gasteiger partial charge in [0, 0.05) is 5.56 Å². The van der Waals surface area contributed by atoms with Gasteiger partial charge in [-0.15, -0.1) is 12.4 Å². The number of nitrogens with zero attached hydrogens (tertiary/aromatic N) is 5. The average Bonchev–Trinajstić information content (AvgIpc) is 3.29. The van der Waals surface area contributed by atoms with Gasteiger partial charge in [0.2, 0.25) is 0 Å². The lowest BCUT2D eigenvalue weighted by molar-refractivity contribution is 0.372. The van der Waals surface area contributed by atoms with Gasteiger partial charge in [0.25, 0.3) is 5.89 Å². The lowest BCUT2D eigenvalue weighted by Crippen LogP contribution is -2.34. The Balaban J connectivity index is 0.00000169. The Morgan fingerprint density at radius 3 is 2.75 bits per heavy atom. The van der Waals surface area contributed by atoms with Gasteiger partial charge in [0.1, 0.15) is 12.7 Å². The summed E-state index contributed by atoms with van der Waals surface area (Å²) in [5, 5.41) is 8.28. The fourth-order valence-electron chi connectivity index (χ4n) is 3.12. The highest BCUT2D eigenvalue weighted by atomic mass is 35.5. The second-order valence-electron chi connectivity index (χ2n) is 6.04. The maximum atomic E-state index is 6.41. The summed E-state index contributed by atoms with van der Waals surface area (Å²) in [5.41, 5.74) is 7.92. The fraction of sp³-hybridized carbons (Fsp3) is 0.375. The molecule has 1 aromatic carbocycles. The molecule has 1 aliphatic carbocycles. The molecule has 2 heterocycles. The summed E-state index contributed by atoms with van der Waals surface area (Å²) >= 11 is 0. The minimum atomic E-state index is -0.442. The molecule has 1 saturated carbocycles. The standard InChI is InChI=1S/C16H18N6O.ClH/c17-16(7-3-4-8-16)15-20-14(23-21-15)13-6-2-1-5-12(13)9-22-11-18-10-19-22;/h1-2,5-6,10-11H,3-4,7-9,17H2;1H. The SMILES string of the molecule is Cl.NC1(c2noc(-c3ccccc3Cn3cncn3)n2)CCCC1. The quantitative estimate of drug-likeness (QED) is 0.779. The van der Waals surface area contributed by atoms with Crippen molar-refractivity contribution in [2.24, 2.45) is 5.73 Å². The van der Waals surface area contributed by atoms with Gasteiger partial charge in [0.05, 0.1) is 12.1 Å². The van der Waals surface area contributed by atoms with E-state index in [4.69, 9.17) is 10.3 Å². The van der Waals surface area contributed by atoms with Gasteiger partial charge in [-0.2, -0.15) is 10.1 Å². The van der Waals surface area contributed by atoms with Crippen LogP contribution >= 0.6 is 12.4 Å². The summed E-state index contributed by atoms with van der Waals surface area (Å²) < 4.78 is 7.26. The maximum absolute atomic E-state index is 6.41. The van der Waals surface area contributed by atoms with Crippen molar-refractivity contribution >= 4 is 12.4 Å². The first-order valence-corrected chi connectivity index (χ1v) is 7.78. The van der Waals surface area contributed by atoms with Crippen molar-refractivity contribution in [1.82, 2.24) is 24.9 Å². The molecule has 1 fully saturated rings. The van der Waals surface area contributed by atoms with Gasteiger partial charge in [-0.3, -0.25) is 0 Å². The summed E-state index contributed by atoms with van der Waals surface area (Å²) in [4.78, 5) is 8.55. The van der Waals surface area contributed by atoms with Gasteiger partial charge in [-0.1, -0.05) is 36.2 Å². The van der Waals surface area contributed by atoms with Crippen LogP contribution in [0.3, 0.4) is 0 Å². The highest BCUT2D eigenvalue weighted by molar-refractivity contribution is 5.85. The lowest BCUT2D eigenvalue weighted by Gasteiger charge is -2.17. The van der Waals surface area contributed by atoms with E-state index in [0.29, 0.717) is 18.3 Å². The fourth-order valence-corrected chi connectivity index (χ4v) is 3.12. The third kappa shape index (κ3) is 3.05. The summed E-state index contributed by atoms with van der Waals surface area (Å²) in [6.07, 6.45) is 7.25. The molecule has 126 valence electrons. The molecule has 2 N–H and O–H groups in total. The number of benzene rings is 1. The van der Waals surface area contributed by atoms with Gasteiger partial charge in [0.15, 0.2) is 5.82 Å². The molecule has 0 unspecified atom stereocenters. The Labute approximate surface area is 145 Å². The minimum Gasteiger partial charge on any atom is -0.334 e. The smallest absolute Gasteiger partial charge is 0.258 e. The van der Waals surface area contributed by atoms with Crippen molar-refractivity contribution in [2.45, 2.75) is 37.8 Å². The Morgan fingerprint density at radius 1 is 1.21 bits per heavy atom. The topological polar surface area (TPSA) is 95.7 Å². The molecule has 3 aromatic rings. The Morgan fingerprint density at radius 2 is 2.00 bits per heavy atom. The van der Waals surface area contributed by atoms with Crippen LogP contribution in [0, 0.1) is 0 Å². The molecular formula is C16H19ClN6O. The van der Waals surface area contributed by atoms with Crippen molar-refractivity contribution < 1.29 is 4.52 Å². The number of aromatic nitrogens is 5. The van der Waals surface area contributed by atoms with Crippen molar-refractivity contribution in [1.29, 1.82) is 0 Å². The van der Waals surface area contributed by atoms with Gasteiger partial charge in [-0.05, 0) is 24.5 Å². The second kappa shape index (κ2) is 6.70. The van der Waals surface area contributed by atoms with Crippen molar-refractivity contribution in [3.8, 4) is 11.5 Å². The molecule has 0 saturated heterocycles. The van der Waals surface area contributed by atoms with E-state index in [9.17, 15) is 0 Å². The van der Waals surface area contributed by atoms with Gasteiger partial charge >= 0.3 is 0 Å². The van der Waals surface area contributed by atoms with E-state index in [2.05, 4.69) is 20.2 Å². The van der Waals surface area contributed by atoms with Crippen molar-refractivity contribution in [2.75, 3.05) is 0 Å². The van der Waals surface area contributed by atoms with Gasteiger partial charge in [-0.25, -0.2) is 9.67 Å². The van der Waals surface area contributed by atoms with E-state index >= 15 is 0 Å². The molecule has 0 radical (unpaired) electrons. The van der Waals surface area contributed by atoms with Crippen LogP contribution in [0.2, 0.25) is 0 Å². The normalized spacial score (nSPS) is 16.0. The largest absolute Gasteiger partial charge is 0.334 e. The van der Waals surface area contributed by atoms with Crippen LogP contribution in [-0.2, 0) is 12.1 Å². The number of nitrogens with two attached hydrogens (primary N) is 1. The zero-order valence-electron chi connectivity index (χ0n) is 13.1. The van der Waals surface area contributed by atoms with E-state index in [1.165, 1.54) is 6.33 Å². The van der Waals surface area contributed by atoms with Crippen LogP contribution in [0.25, 0.3) is 11.5 Å². The van der Waals surface area contributed by atoms with E-state index in [1.54, 1.807) is 11.0 Å². The lowest BCUT2D eigenvalue weighted by atomic mass is 9.98. The molecule has 0 bridgehead atoms. The van der Waals surface area contributed by atoms with E-state index in [0.717, 1.165) is 36.8 Å². The first-order valence-electron chi connectivity index (χ1n) is 7.78. The molecule has 1 aliphatic rings. The molecule has 0 amide bonds. The molecule has 4 rings (SSSR count). The number of hydrogen-bond donors (Lipinski definition) is 1. The van der Waals surface area contributed by atoms with Crippen LogP contribution in [0.5, 0.6) is 0 Å². The summed E-state index contributed by atoms with van der Waals surface area (Å²) in [5.74, 6) is 1.12. The molecule has 8 heteroatoms. The molecule has 0 aliphatic heterocycles. The van der Waals surface area contributed by atoms with Crippen LogP contribution in [0.15, 0.2) is 41.4 Å². The third-order valence-electron chi connectivity index (χ3n) is 4.41. The number of hydrogen-bond acceptors (Lipinski definition) is 6. The first kappa shape index (κ1) is 16.6. The van der Waals surface area contributed by atoms with Crippen LogP contribution in [-0.4, -0.2) is 24.9 Å². The number of rotatable bonds is 4. The second-order valence-corrected chi connectivity index (χ2v) is 6.04. The Kier molecular flexibility index (Phi) is 4.64. The zero-order valence-corrected chi connectivity index (χ0v) is 13.9. The van der Waals surface area contributed by atoms with Crippen molar-refractivity contribution in [3.05, 3.63) is 48.3 Å². The summed E-state index contributed by atoms with van der Waals surface area (Å²) in [6, 6.07) is 7.93. The zero-order chi connectivity index (χ0) is 15.7. The van der Waals surface area contributed by atoms with E-state index < -0.39 is 5.54 Å². The van der Waals surface area contributed by atoms with Crippen molar-refractivity contribution in [3.63, 3.8) is 0 Å². The molecule has 24 heavy (non-hydrogen) atoms. The van der Waals surface area contributed by atoms with Crippen LogP contribution in [0.1, 0.15) is 37.1 Å². The summed E-state index contributed by atoms with van der Waals surface area (Å²) in [6.45, 7) is 0.599. The Bertz CT molecular complexity index is 795.